The molecule has 2 heterocycles. The van der Waals surface area contributed by atoms with E-state index >= 15 is 0 Å². The summed E-state index contributed by atoms with van der Waals surface area (Å²) in [5.74, 6) is -1.72. The van der Waals surface area contributed by atoms with Crippen LogP contribution in [0.25, 0.3) is 11.3 Å². The molecule has 3 N–H and O–H groups in total. The molecule has 4 rings (SSSR count). The molecule has 3 amide bonds. The zero-order valence-electron chi connectivity index (χ0n) is 16.2. The van der Waals surface area contributed by atoms with E-state index in [9.17, 15) is 18.4 Å². The largest absolute Gasteiger partial charge is 0.365 e. The predicted molar refractivity (Wildman–Crippen MR) is 107 cm³/mol. The second-order valence-corrected chi connectivity index (χ2v) is 7.10. The molecule has 0 spiro atoms. The summed E-state index contributed by atoms with van der Waals surface area (Å²) >= 11 is 0. The van der Waals surface area contributed by atoms with E-state index in [1.807, 2.05) is 0 Å². The average Bonchev–Trinajstić information content (AvgIpc) is 3.09. The molecule has 3 aromatic rings. The number of hydrogen-bond donors (Lipinski definition) is 2. The van der Waals surface area contributed by atoms with Crippen LogP contribution in [0.1, 0.15) is 21.6 Å². The van der Waals surface area contributed by atoms with E-state index in [0.29, 0.717) is 24.3 Å². The van der Waals surface area contributed by atoms with Crippen molar-refractivity contribution in [1.29, 1.82) is 0 Å². The van der Waals surface area contributed by atoms with Crippen molar-refractivity contribution in [3.05, 3.63) is 70.9 Å². The first-order valence-electron chi connectivity index (χ1n) is 9.31. The van der Waals surface area contributed by atoms with Crippen LogP contribution in [0.5, 0.6) is 0 Å². The highest BCUT2D eigenvalue weighted by molar-refractivity contribution is 6.00. The van der Waals surface area contributed by atoms with Crippen LogP contribution in [0.4, 0.5) is 19.3 Å². The number of nitrogens with two attached hydrogens (primary N) is 1. The summed E-state index contributed by atoms with van der Waals surface area (Å²) in [6, 6.07) is 9.64. The van der Waals surface area contributed by atoms with Crippen LogP contribution in [0, 0.1) is 18.6 Å². The zero-order chi connectivity index (χ0) is 21.4. The van der Waals surface area contributed by atoms with E-state index in [4.69, 9.17) is 5.73 Å². The predicted octanol–water partition coefficient (Wildman–Crippen LogP) is 3.28. The molecule has 0 fully saturated rings. The highest BCUT2D eigenvalue weighted by atomic mass is 19.1. The van der Waals surface area contributed by atoms with Gasteiger partial charge in [0.05, 0.1) is 30.0 Å². The average molecular weight is 411 g/mol. The molecule has 1 aromatic heterocycles. The normalized spacial score (nSPS) is 13.1. The smallest absolute Gasteiger partial charge is 0.322 e. The molecule has 9 heteroatoms. The first kappa shape index (κ1) is 19.6. The molecule has 0 aliphatic carbocycles. The molecular weight excluding hydrogens is 392 g/mol. The summed E-state index contributed by atoms with van der Waals surface area (Å²) in [5, 5.41) is 6.98. The number of anilines is 1. The Kier molecular flexibility index (Phi) is 4.94. The minimum absolute atomic E-state index is 0.0554. The molecule has 0 saturated heterocycles. The molecule has 0 atom stereocenters. The topological polar surface area (TPSA) is 93.2 Å². The lowest BCUT2D eigenvalue weighted by Crippen LogP contribution is -2.41. The van der Waals surface area contributed by atoms with Gasteiger partial charge < -0.3 is 16.0 Å². The summed E-state index contributed by atoms with van der Waals surface area (Å²) in [6.07, 6.45) is 0. The lowest BCUT2D eigenvalue weighted by atomic mass is 10.0. The van der Waals surface area contributed by atoms with Gasteiger partial charge in [0.2, 0.25) is 0 Å². The fraction of sp³-hybridized carbons (Fsp3) is 0.190. The molecule has 0 bridgehead atoms. The van der Waals surface area contributed by atoms with Crippen molar-refractivity contribution in [1.82, 2.24) is 14.7 Å². The first-order chi connectivity index (χ1) is 14.3. The van der Waals surface area contributed by atoms with Gasteiger partial charge in [0.25, 0.3) is 5.91 Å². The lowest BCUT2D eigenvalue weighted by molar-refractivity contribution is 0.0997. The molecule has 1 aliphatic heterocycles. The Balaban J connectivity index is 1.64. The maximum Gasteiger partial charge on any atom is 0.322 e. The number of primary amides is 1. The monoisotopic (exact) mass is 411 g/mol. The van der Waals surface area contributed by atoms with Crippen molar-refractivity contribution in [2.24, 2.45) is 5.73 Å². The number of aromatic nitrogens is 2. The third-order valence-corrected chi connectivity index (χ3v) is 4.98. The highest BCUT2D eigenvalue weighted by Crippen LogP contribution is 2.29. The van der Waals surface area contributed by atoms with Crippen LogP contribution < -0.4 is 11.1 Å². The van der Waals surface area contributed by atoms with Crippen LogP contribution in [-0.2, 0) is 13.1 Å². The minimum atomic E-state index is -0.720. The number of carbonyl (C=O) groups excluding carboxylic acids is 2. The van der Waals surface area contributed by atoms with Crippen molar-refractivity contribution in [2.75, 3.05) is 11.9 Å². The Morgan fingerprint density at radius 3 is 2.67 bits per heavy atom. The number of aryl methyl sites for hydroxylation is 1. The number of amides is 3. The van der Waals surface area contributed by atoms with Gasteiger partial charge in [0.15, 0.2) is 0 Å². The van der Waals surface area contributed by atoms with E-state index in [-0.39, 0.29) is 23.5 Å². The van der Waals surface area contributed by atoms with E-state index in [2.05, 4.69) is 10.4 Å². The number of hydrogen-bond acceptors (Lipinski definition) is 3. The van der Waals surface area contributed by atoms with Crippen LogP contribution in [0.15, 0.2) is 42.5 Å². The Labute approximate surface area is 171 Å². The van der Waals surface area contributed by atoms with Crippen molar-refractivity contribution in [3.8, 4) is 11.3 Å². The first-order valence-corrected chi connectivity index (χ1v) is 9.31. The van der Waals surface area contributed by atoms with Gasteiger partial charge in [-0.2, -0.15) is 5.10 Å². The Hall–Kier alpha value is -3.75. The summed E-state index contributed by atoms with van der Waals surface area (Å²) in [4.78, 5) is 26.3. The van der Waals surface area contributed by atoms with Gasteiger partial charge in [-0.05, 0) is 36.8 Å². The number of urea groups is 1. The van der Waals surface area contributed by atoms with E-state index in [1.54, 1.807) is 29.8 Å². The molecule has 30 heavy (non-hydrogen) atoms. The van der Waals surface area contributed by atoms with Crippen LogP contribution in [-0.4, -0.2) is 33.2 Å². The van der Waals surface area contributed by atoms with Gasteiger partial charge in [-0.25, -0.2) is 13.6 Å². The van der Waals surface area contributed by atoms with E-state index < -0.39 is 23.6 Å². The quantitative estimate of drug-likeness (QED) is 0.693. The molecule has 7 nitrogen and oxygen atoms in total. The minimum Gasteiger partial charge on any atom is -0.365 e. The van der Waals surface area contributed by atoms with Crippen molar-refractivity contribution < 1.29 is 18.4 Å². The molecular formula is C21H19F2N5O2. The van der Waals surface area contributed by atoms with Crippen molar-refractivity contribution in [3.63, 3.8) is 0 Å². The Morgan fingerprint density at radius 2 is 1.93 bits per heavy atom. The number of fused-ring (bicyclic) bond motifs is 1. The number of rotatable bonds is 3. The van der Waals surface area contributed by atoms with Gasteiger partial charge in [-0.15, -0.1) is 0 Å². The summed E-state index contributed by atoms with van der Waals surface area (Å²) in [5.41, 5.74) is 7.75. The van der Waals surface area contributed by atoms with Gasteiger partial charge >= 0.3 is 6.03 Å². The molecule has 0 radical (unpaired) electrons. The molecule has 154 valence electrons. The summed E-state index contributed by atoms with van der Waals surface area (Å²) < 4.78 is 29.2. The number of nitrogens with one attached hydrogen (secondary N) is 1. The zero-order valence-corrected chi connectivity index (χ0v) is 16.2. The standard InChI is InChI=1S/C21H19F2N5O2/c1-12-5-6-15(23)16(9-12)25-21(30)27-7-8-28-17(11-27)18(20(24)29)19(26-28)13-3-2-4-14(22)10-13/h2-6,9-10H,7-8,11H2,1H3,(H2,24,29)(H,25,30). The third-order valence-electron chi connectivity index (χ3n) is 4.98. The van der Waals surface area contributed by atoms with Gasteiger partial charge in [0.1, 0.15) is 17.3 Å². The molecule has 1 aliphatic rings. The summed E-state index contributed by atoms with van der Waals surface area (Å²) in [6.45, 7) is 2.46. The van der Waals surface area contributed by atoms with Crippen LogP contribution in [0.3, 0.4) is 0 Å². The summed E-state index contributed by atoms with van der Waals surface area (Å²) in [7, 11) is 0. The number of halogens is 2. The van der Waals surface area contributed by atoms with Gasteiger partial charge in [-0.3, -0.25) is 9.48 Å². The van der Waals surface area contributed by atoms with E-state index in [1.165, 1.54) is 29.2 Å². The second kappa shape index (κ2) is 7.58. The van der Waals surface area contributed by atoms with Gasteiger partial charge in [-0.1, -0.05) is 18.2 Å². The molecule has 0 unspecified atom stereocenters. The lowest BCUT2D eigenvalue weighted by Gasteiger charge is -2.28. The SMILES string of the molecule is Cc1ccc(F)c(NC(=O)N2CCn3nc(-c4cccc(F)c4)c(C(N)=O)c3C2)c1. The third kappa shape index (κ3) is 3.61. The number of carbonyl (C=O) groups is 2. The molecule has 0 saturated carbocycles. The van der Waals surface area contributed by atoms with Gasteiger partial charge in [0, 0.05) is 12.1 Å². The maximum absolute atomic E-state index is 14.0. The number of nitrogens with zero attached hydrogens (tertiary/aromatic N) is 3. The maximum atomic E-state index is 14.0. The Morgan fingerprint density at radius 1 is 1.13 bits per heavy atom. The second-order valence-electron chi connectivity index (χ2n) is 7.10. The molecule has 2 aromatic carbocycles. The van der Waals surface area contributed by atoms with Crippen molar-refractivity contribution in [2.45, 2.75) is 20.0 Å². The Bertz CT molecular complexity index is 1160. The van der Waals surface area contributed by atoms with Crippen LogP contribution in [0.2, 0.25) is 0 Å². The fourth-order valence-electron chi connectivity index (χ4n) is 3.52. The van der Waals surface area contributed by atoms with Crippen molar-refractivity contribution >= 4 is 17.6 Å². The van der Waals surface area contributed by atoms with E-state index in [0.717, 1.165) is 5.56 Å². The fourth-order valence-corrected chi connectivity index (χ4v) is 3.52. The number of benzene rings is 2. The van der Waals surface area contributed by atoms with Crippen LogP contribution >= 0.6 is 0 Å². The highest BCUT2D eigenvalue weighted by Gasteiger charge is 2.30.